The van der Waals surface area contributed by atoms with Crippen LogP contribution in [-0.2, 0) is 16.1 Å². The highest BCUT2D eigenvalue weighted by molar-refractivity contribution is 6.08. The maximum atomic E-state index is 12.8. The third kappa shape index (κ3) is 2.49. The van der Waals surface area contributed by atoms with Crippen LogP contribution in [0.1, 0.15) is 37.7 Å². The molecule has 0 amide bonds. The molecule has 3 aromatic rings. The minimum atomic E-state index is -0.468. The Morgan fingerprint density at radius 2 is 1.97 bits per heavy atom. The van der Waals surface area contributed by atoms with Crippen molar-refractivity contribution in [2.24, 2.45) is 5.73 Å². The van der Waals surface area contributed by atoms with Crippen molar-refractivity contribution in [2.75, 3.05) is 0 Å². The van der Waals surface area contributed by atoms with Gasteiger partial charge in [-0.15, -0.1) is 0 Å². The van der Waals surface area contributed by atoms with Gasteiger partial charge in [0.15, 0.2) is 5.78 Å². The van der Waals surface area contributed by atoms with E-state index in [2.05, 4.69) is 41.8 Å². The zero-order valence-corrected chi connectivity index (χ0v) is 16.2. The number of nitrogens with two attached hydrogens (primary N) is 1. The number of para-hydroxylation sites is 1. The van der Waals surface area contributed by atoms with Crippen LogP contribution >= 0.6 is 0 Å². The van der Waals surface area contributed by atoms with E-state index in [1.807, 2.05) is 18.2 Å². The fourth-order valence-electron chi connectivity index (χ4n) is 4.78. The molecule has 5 rings (SSSR count). The van der Waals surface area contributed by atoms with E-state index >= 15 is 0 Å². The maximum Gasteiger partial charge on any atom is 0.205 e. The number of ketones is 1. The number of Topliss-reactive ketones (excluding diaryl/α,β-unsaturated/α-hetero) is 1. The summed E-state index contributed by atoms with van der Waals surface area (Å²) >= 11 is 0. The van der Waals surface area contributed by atoms with Crippen LogP contribution < -0.4 is 5.73 Å². The minimum Gasteiger partial charge on any atom is -0.444 e. The van der Waals surface area contributed by atoms with Crippen LogP contribution in [0, 0.1) is 11.3 Å². The molecule has 2 heterocycles. The van der Waals surface area contributed by atoms with Gasteiger partial charge in [-0.1, -0.05) is 24.3 Å². The largest absolute Gasteiger partial charge is 0.444 e. The van der Waals surface area contributed by atoms with Gasteiger partial charge in [-0.25, -0.2) is 0 Å². The molecule has 0 radical (unpaired) electrons. The zero-order valence-electron chi connectivity index (χ0n) is 16.2. The number of nitrogens with zero attached hydrogens (tertiary/aromatic N) is 2. The van der Waals surface area contributed by atoms with Gasteiger partial charge in [0.2, 0.25) is 5.88 Å². The lowest BCUT2D eigenvalue weighted by atomic mass is 9.77. The predicted molar refractivity (Wildman–Crippen MR) is 112 cm³/mol. The molecule has 0 spiro atoms. The second-order valence-corrected chi connectivity index (χ2v) is 7.58. The van der Waals surface area contributed by atoms with Crippen LogP contribution in [0.3, 0.4) is 0 Å². The number of rotatable bonds is 2. The van der Waals surface area contributed by atoms with Crippen molar-refractivity contribution in [3.8, 4) is 6.07 Å². The highest BCUT2D eigenvalue weighted by atomic mass is 16.5. The number of carbonyl (C=O) groups is 1. The topological polar surface area (TPSA) is 81.0 Å². The van der Waals surface area contributed by atoms with E-state index in [9.17, 15) is 10.1 Å². The van der Waals surface area contributed by atoms with E-state index in [0.717, 1.165) is 34.8 Å². The van der Waals surface area contributed by atoms with Gasteiger partial charge < -0.3 is 15.0 Å². The molecule has 0 saturated carbocycles. The number of hydrogen-bond donors (Lipinski definition) is 1. The Balaban J connectivity index is 1.78. The minimum absolute atomic E-state index is 0.0487. The van der Waals surface area contributed by atoms with Crippen LogP contribution in [0.5, 0.6) is 0 Å². The number of nitriles is 1. The monoisotopic (exact) mass is 383 g/mol. The summed E-state index contributed by atoms with van der Waals surface area (Å²) in [4.78, 5) is 12.8. The summed E-state index contributed by atoms with van der Waals surface area (Å²) in [5.41, 5.74) is 10.2. The number of aryl methyl sites for hydroxylation is 1. The summed E-state index contributed by atoms with van der Waals surface area (Å²) < 4.78 is 7.97. The van der Waals surface area contributed by atoms with Crippen LogP contribution in [0.4, 0.5) is 0 Å². The first-order valence-electron chi connectivity index (χ1n) is 9.98. The summed E-state index contributed by atoms with van der Waals surface area (Å²) in [5, 5.41) is 12.1. The quantitative estimate of drug-likeness (QED) is 0.700. The Morgan fingerprint density at radius 1 is 1.17 bits per heavy atom. The summed E-state index contributed by atoms with van der Waals surface area (Å²) in [6, 6.07) is 16.7. The van der Waals surface area contributed by atoms with Crippen molar-refractivity contribution >= 4 is 27.6 Å². The maximum absolute atomic E-state index is 12.8. The molecule has 5 heteroatoms. The normalized spacial score (nSPS) is 19.4. The van der Waals surface area contributed by atoms with E-state index in [0.29, 0.717) is 29.7 Å². The Labute approximate surface area is 168 Å². The molecule has 29 heavy (non-hydrogen) atoms. The summed E-state index contributed by atoms with van der Waals surface area (Å²) in [7, 11) is 0. The van der Waals surface area contributed by atoms with Gasteiger partial charge in [-0.3, -0.25) is 4.79 Å². The van der Waals surface area contributed by atoms with Crippen molar-refractivity contribution in [3.05, 3.63) is 70.8 Å². The highest BCUT2D eigenvalue weighted by Gasteiger charge is 2.38. The van der Waals surface area contributed by atoms with Gasteiger partial charge in [-0.2, -0.15) is 5.26 Å². The summed E-state index contributed by atoms with van der Waals surface area (Å²) in [5.74, 6) is 0.318. The third-order valence-electron chi connectivity index (χ3n) is 6.05. The molecule has 1 aliphatic heterocycles. The predicted octanol–water partition coefficient (Wildman–Crippen LogP) is 4.63. The fraction of sp³-hybridized carbons (Fsp3) is 0.250. The second kappa shape index (κ2) is 6.52. The number of benzene rings is 2. The highest BCUT2D eigenvalue weighted by Crippen LogP contribution is 2.44. The Morgan fingerprint density at radius 3 is 2.76 bits per heavy atom. The van der Waals surface area contributed by atoms with Crippen molar-refractivity contribution in [1.82, 2.24) is 4.57 Å². The summed E-state index contributed by atoms with van der Waals surface area (Å²) in [6.07, 6.45) is 1.91. The molecule has 1 atom stereocenters. The van der Waals surface area contributed by atoms with E-state index in [1.54, 1.807) is 0 Å². The van der Waals surface area contributed by atoms with Crippen LogP contribution in [0.25, 0.3) is 21.8 Å². The van der Waals surface area contributed by atoms with E-state index in [-0.39, 0.29) is 11.7 Å². The van der Waals surface area contributed by atoms with Gasteiger partial charge in [0, 0.05) is 46.8 Å². The van der Waals surface area contributed by atoms with Crippen molar-refractivity contribution in [2.45, 2.75) is 38.6 Å². The van der Waals surface area contributed by atoms with Crippen LogP contribution in [0.15, 0.2) is 65.3 Å². The molecule has 2 aromatic carbocycles. The van der Waals surface area contributed by atoms with Gasteiger partial charge >= 0.3 is 0 Å². The fourth-order valence-corrected chi connectivity index (χ4v) is 4.78. The molecule has 0 bridgehead atoms. The van der Waals surface area contributed by atoms with Crippen molar-refractivity contribution in [1.29, 1.82) is 5.26 Å². The number of aromatic nitrogens is 1. The van der Waals surface area contributed by atoms with Gasteiger partial charge in [0.1, 0.15) is 17.4 Å². The molecule has 5 nitrogen and oxygen atoms in total. The molecule has 144 valence electrons. The first-order chi connectivity index (χ1) is 14.1. The van der Waals surface area contributed by atoms with Gasteiger partial charge in [0.25, 0.3) is 0 Å². The third-order valence-corrected chi connectivity index (χ3v) is 6.05. The Kier molecular flexibility index (Phi) is 3.95. The van der Waals surface area contributed by atoms with Crippen LogP contribution in [0.2, 0.25) is 0 Å². The lowest BCUT2D eigenvalue weighted by Gasteiger charge is -2.31. The molecular weight excluding hydrogens is 362 g/mol. The van der Waals surface area contributed by atoms with Gasteiger partial charge in [0.05, 0.1) is 5.92 Å². The van der Waals surface area contributed by atoms with Crippen molar-refractivity contribution in [3.63, 3.8) is 0 Å². The van der Waals surface area contributed by atoms with Crippen LogP contribution in [-0.4, -0.2) is 10.4 Å². The Hall–Kier alpha value is -3.52. The molecule has 1 unspecified atom stereocenters. The number of carbonyl (C=O) groups excluding carboxylic acids is 1. The number of fused-ring (bicyclic) bond motifs is 3. The molecule has 2 aliphatic rings. The first kappa shape index (κ1) is 17.6. The lowest BCUT2D eigenvalue weighted by molar-refractivity contribution is -0.116. The standard InChI is InChI=1S/C24H21N3O2/c1-2-27-18-7-4-3-6-15(18)16-12-14(10-11-19(16)27)22-17(13-25)24(26)29-21-9-5-8-20(28)23(21)22/h3-4,6-7,10-12,22H,2,5,8-9,26H2,1H3. The average Bonchev–Trinajstić information content (AvgIpc) is 3.06. The van der Waals surface area contributed by atoms with Crippen molar-refractivity contribution < 1.29 is 9.53 Å². The first-order valence-corrected chi connectivity index (χ1v) is 9.98. The molecule has 0 fully saturated rings. The number of ether oxygens (including phenoxy) is 1. The molecule has 2 N–H and O–H groups in total. The molecular formula is C24H21N3O2. The van der Waals surface area contributed by atoms with Gasteiger partial charge in [-0.05, 0) is 37.1 Å². The molecule has 0 saturated heterocycles. The average molecular weight is 383 g/mol. The molecule has 1 aliphatic carbocycles. The SMILES string of the molecule is CCn1c2ccccc2c2cc(C3C(C#N)=C(N)OC4=C3C(=O)CCC4)ccc21. The second-order valence-electron chi connectivity index (χ2n) is 7.58. The number of allylic oxidation sites excluding steroid dienone is 3. The smallest absolute Gasteiger partial charge is 0.205 e. The van der Waals surface area contributed by atoms with E-state index < -0.39 is 5.92 Å². The van der Waals surface area contributed by atoms with E-state index in [4.69, 9.17) is 10.5 Å². The Bertz CT molecular complexity index is 1290. The molecule has 1 aromatic heterocycles. The lowest BCUT2D eigenvalue weighted by Crippen LogP contribution is -2.27. The van der Waals surface area contributed by atoms with E-state index in [1.165, 1.54) is 5.52 Å². The zero-order chi connectivity index (χ0) is 20.1. The summed E-state index contributed by atoms with van der Waals surface area (Å²) in [6.45, 7) is 3.00. The number of hydrogen-bond acceptors (Lipinski definition) is 4.